The number of carbonyl (C=O) groups is 1. The van der Waals surface area contributed by atoms with E-state index in [9.17, 15) is 4.79 Å². The molecule has 4 rings (SSSR count). The van der Waals surface area contributed by atoms with Crippen LogP contribution in [0, 0.1) is 0 Å². The number of amides is 1. The molecule has 24 heavy (non-hydrogen) atoms. The lowest BCUT2D eigenvalue weighted by atomic mass is 10.2. The first-order valence-corrected chi connectivity index (χ1v) is 8.84. The number of carbonyl (C=O) groups excluding carboxylic acids is 1. The van der Waals surface area contributed by atoms with Crippen LogP contribution in [0.2, 0.25) is 0 Å². The van der Waals surface area contributed by atoms with Crippen molar-refractivity contribution in [3.05, 3.63) is 65.1 Å². The van der Waals surface area contributed by atoms with Gasteiger partial charge in [-0.1, -0.05) is 35.6 Å². The van der Waals surface area contributed by atoms with Crippen LogP contribution in [0.5, 0.6) is 0 Å². The predicted octanol–water partition coefficient (Wildman–Crippen LogP) is 3.97. The molecule has 0 radical (unpaired) electrons. The minimum Gasteiger partial charge on any atom is -0.276 e. The molecular formula is C16H11N5OS2. The summed E-state index contributed by atoms with van der Waals surface area (Å²) in [6.07, 6.45) is 0. The summed E-state index contributed by atoms with van der Waals surface area (Å²) in [5.74, 6) is -0.253. The zero-order chi connectivity index (χ0) is 16.4. The molecule has 0 aliphatic carbocycles. The Morgan fingerprint density at radius 1 is 1.08 bits per heavy atom. The zero-order valence-electron chi connectivity index (χ0n) is 12.3. The maximum Gasteiger partial charge on any atom is 0.285 e. The first-order valence-electron chi connectivity index (χ1n) is 7.08. The second-order valence-corrected chi connectivity index (χ2v) is 6.60. The lowest BCUT2D eigenvalue weighted by Crippen LogP contribution is -2.26. The van der Waals surface area contributed by atoms with Crippen LogP contribution in [-0.4, -0.2) is 26.3 Å². The Morgan fingerprint density at radius 3 is 2.67 bits per heavy atom. The van der Waals surface area contributed by atoms with Crippen molar-refractivity contribution >= 4 is 39.4 Å². The number of nitrogens with one attached hydrogen (secondary N) is 1. The highest BCUT2D eigenvalue weighted by Gasteiger charge is 2.24. The van der Waals surface area contributed by atoms with E-state index in [2.05, 4.69) is 20.4 Å². The molecule has 118 valence electrons. The number of aromatic nitrogens is 4. The van der Waals surface area contributed by atoms with Gasteiger partial charge in [0, 0.05) is 0 Å². The van der Waals surface area contributed by atoms with Crippen LogP contribution >= 0.6 is 22.7 Å². The quantitative estimate of drug-likeness (QED) is 0.602. The van der Waals surface area contributed by atoms with Crippen LogP contribution in [0.25, 0.3) is 10.6 Å². The highest BCUT2D eigenvalue weighted by Crippen LogP contribution is 2.29. The minimum absolute atomic E-state index is 0.253. The highest BCUT2D eigenvalue weighted by molar-refractivity contribution is 7.13. The molecule has 1 N–H and O–H groups in total. The van der Waals surface area contributed by atoms with Gasteiger partial charge in [-0.3, -0.25) is 9.89 Å². The van der Waals surface area contributed by atoms with Crippen molar-refractivity contribution in [2.75, 3.05) is 4.90 Å². The van der Waals surface area contributed by atoms with Gasteiger partial charge in [0.1, 0.15) is 5.51 Å². The van der Waals surface area contributed by atoms with E-state index in [1.807, 2.05) is 47.8 Å². The van der Waals surface area contributed by atoms with E-state index in [1.54, 1.807) is 22.9 Å². The number of thiophene rings is 1. The molecule has 1 amide bonds. The molecular weight excluding hydrogens is 342 g/mol. The number of nitrogens with zero attached hydrogens (tertiary/aromatic N) is 4. The lowest BCUT2D eigenvalue weighted by Gasteiger charge is -2.18. The molecule has 0 bridgehead atoms. The van der Waals surface area contributed by atoms with Crippen molar-refractivity contribution in [2.24, 2.45) is 0 Å². The Balaban J connectivity index is 1.72. The highest BCUT2D eigenvalue weighted by atomic mass is 32.1. The van der Waals surface area contributed by atoms with Gasteiger partial charge in [-0.2, -0.15) is 5.10 Å². The van der Waals surface area contributed by atoms with E-state index in [4.69, 9.17) is 0 Å². The van der Waals surface area contributed by atoms with Crippen molar-refractivity contribution in [3.8, 4) is 10.6 Å². The Morgan fingerprint density at radius 2 is 1.96 bits per heavy atom. The van der Waals surface area contributed by atoms with Crippen LogP contribution in [-0.2, 0) is 0 Å². The minimum atomic E-state index is -0.253. The van der Waals surface area contributed by atoms with E-state index in [-0.39, 0.29) is 5.91 Å². The fourth-order valence-electron chi connectivity index (χ4n) is 2.26. The Hall–Kier alpha value is -2.84. The van der Waals surface area contributed by atoms with Crippen molar-refractivity contribution in [3.63, 3.8) is 0 Å². The standard InChI is InChI=1S/C16H11N5OS2/c22-15(13-9-12(18-19-13)14-7-4-8-23-14)21(16-20-17-10-24-16)11-5-2-1-3-6-11/h1-10H,(H,18,19). The second-order valence-electron chi connectivity index (χ2n) is 4.84. The molecule has 3 heterocycles. The van der Waals surface area contributed by atoms with Gasteiger partial charge >= 0.3 is 0 Å². The number of para-hydroxylation sites is 1. The molecule has 1 aromatic carbocycles. The van der Waals surface area contributed by atoms with E-state index < -0.39 is 0 Å². The molecule has 0 saturated carbocycles. The van der Waals surface area contributed by atoms with Crippen LogP contribution in [0.1, 0.15) is 10.5 Å². The SMILES string of the molecule is O=C(c1cc(-c2cccs2)[nH]n1)N(c1ccccc1)c1nncs1. The van der Waals surface area contributed by atoms with Gasteiger partial charge in [0.05, 0.1) is 16.3 Å². The van der Waals surface area contributed by atoms with Gasteiger partial charge in [-0.15, -0.1) is 21.5 Å². The molecule has 0 fully saturated rings. The number of H-pyrrole nitrogens is 1. The number of hydrogen-bond acceptors (Lipinski definition) is 6. The molecule has 0 atom stereocenters. The zero-order valence-corrected chi connectivity index (χ0v) is 13.9. The fourth-order valence-corrected chi connectivity index (χ4v) is 3.53. The van der Waals surface area contributed by atoms with E-state index in [0.29, 0.717) is 10.8 Å². The third kappa shape index (κ3) is 2.72. The van der Waals surface area contributed by atoms with Gasteiger partial charge in [0.15, 0.2) is 5.69 Å². The van der Waals surface area contributed by atoms with Gasteiger partial charge in [0.2, 0.25) is 5.13 Å². The topological polar surface area (TPSA) is 74.8 Å². The number of anilines is 2. The number of benzene rings is 1. The Labute approximate surface area is 145 Å². The van der Waals surface area contributed by atoms with Crippen LogP contribution < -0.4 is 4.90 Å². The van der Waals surface area contributed by atoms with Gasteiger partial charge in [-0.25, -0.2) is 4.90 Å². The Bertz CT molecular complexity index is 932. The summed E-state index contributed by atoms with van der Waals surface area (Å²) >= 11 is 2.89. The average Bonchev–Trinajstić information content (AvgIpc) is 3.37. The van der Waals surface area contributed by atoms with E-state index in [0.717, 1.165) is 16.3 Å². The predicted molar refractivity (Wildman–Crippen MR) is 94.7 cm³/mol. The summed E-state index contributed by atoms with van der Waals surface area (Å²) in [6, 6.07) is 15.0. The molecule has 3 aromatic heterocycles. The summed E-state index contributed by atoms with van der Waals surface area (Å²) < 4.78 is 0. The molecule has 0 unspecified atom stereocenters. The summed E-state index contributed by atoms with van der Waals surface area (Å²) in [4.78, 5) is 15.6. The van der Waals surface area contributed by atoms with Crippen molar-refractivity contribution in [1.29, 1.82) is 0 Å². The summed E-state index contributed by atoms with van der Waals surface area (Å²) in [5.41, 5.74) is 3.47. The first-order chi connectivity index (χ1) is 11.8. The van der Waals surface area contributed by atoms with Gasteiger partial charge in [-0.05, 0) is 29.6 Å². The molecule has 0 aliphatic rings. The van der Waals surface area contributed by atoms with E-state index in [1.165, 1.54) is 16.2 Å². The summed E-state index contributed by atoms with van der Waals surface area (Å²) in [7, 11) is 0. The monoisotopic (exact) mass is 353 g/mol. The van der Waals surface area contributed by atoms with Gasteiger partial charge < -0.3 is 0 Å². The molecule has 8 heteroatoms. The first kappa shape index (κ1) is 14.7. The van der Waals surface area contributed by atoms with Gasteiger partial charge in [0.25, 0.3) is 5.91 Å². The fraction of sp³-hybridized carbons (Fsp3) is 0. The molecule has 0 aliphatic heterocycles. The molecule has 0 spiro atoms. The third-order valence-corrected chi connectivity index (χ3v) is 4.92. The van der Waals surface area contributed by atoms with Crippen molar-refractivity contribution in [1.82, 2.24) is 20.4 Å². The normalized spacial score (nSPS) is 10.7. The Kier molecular flexibility index (Phi) is 3.89. The maximum absolute atomic E-state index is 13.0. The number of aromatic amines is 1. The number of hydrogen-bond donors (Lipinski definition) is 1. The van der Waals surface area contributed by atoms with Crippen LogP contribution in [0.4, 0.5) is 10.8 Å². The average molecular weight is 353 g/mol. The maximum atomic E-state index is 13.0. The van der Waals surface area contributed by atoms with Crippen molar-refractivity contribution < 1.29 is 4.79 Å². The second kappa shape index (κ2) is 6.34. The molecule has 0 saturated heterocycles. The lowest BCUT2D eigenvalue weighted by molar-refractivity contribution is 0.0994. The van der Waals surface area contributed by atoms with E-state index >= 15 is 0 Å². The third-order valence-electron chi connectivity index (χ3n) is 3.34. The summed E-state index contributed by atoms with van der Waals surface area (Å²) in [5, 5.41) is 17.5. The smallest absolute Gasteiger partial charge is 0.276 e. The van der Waals surface area contributed by atoms with Crippen molar-refractivity contribution in [2.45, 2.75) is 0 Å². The molecule has 6 nitrogen and oxygen atoms in total. The molecule has 4 aromatic rings. The van der Waals surface area contributed by atoms with Crippen LogP contribution in [0.15, 0.2) is 59.4 Å². The summed E-state index contributed by atoms with van der Waals surface area (Å²) in [6.45, 7) is 0. The van der Waals surface area contributed by atoms with Crippen LogP contribution in [0.3, 0.4) is 0 Å². The number of rotatable bonds is 4. The largest absolute Gasteiger partial charge is 0.285 e.